The van der Waals surface area contributed by atoms with Gasteiger partial charge in [-0.1, -0.05) is 47.5 Å². The zero-order valence-corrected chi connectivity index (χ0v) is 21.4. The van der Waals surface area contributed by atoms with Gasteiger partial charge in [-0.3, -0.25) is 9.59 Å². The van der Waals surface area contributed by atoms with Crippen molar-refractivity contribution in [2.45, 2.75) is 34.1 Å². The van der Waals surface area contributed by atoms with Gasteiger partial charge in [0.25, 0.3) is 5.24 Å². The van der Waals surface area contributed by atoms with E-state index in [9.17, 15) is 9.59 Å². The number of thiazole rings is 2. The maximum atomic E-state index is 11.9. The molecule has 0 unspecified atom stereocenters. The number of aryl methyl sites for hydroxylation is 4. The Morgan fingerprint density at radius 1 is 0.788 bits per heavy atom. The number of benzene rings is 2. The zero-order valence-electron chi connectivity index (χ0n) is 19.0. The SMILES string of the molecule is Cc1ccc(C(=O)Cc2ncc(C)s2)cc1.Cc1ccc(C(=O)Cl)cc1.Cc1cnc(N)s1. The lowest BCUT2D eigenvalue weighted by Crippen LogP contribution is -2.02. The van der Waals surface area contributed by atoms with E-state index in [1.807, 2.05) is 70.3 Å². The van der Waals surface area contributed by atoms with E-state index in [1.165, 1.54) is 16.9 Å². The van der Waals surface area contributed by atoms with Crippen molar-refractivity contribution in [3.8, 4) is 0 Å². The molecule has 2 heterocycles. The molecule has 0 bridgehead atoms. The van der Waals surface area contributed by atoms with Gasteiger partial charge in [-0.2, -0.15) is 0 Å². The van der Waals surface area contributed by atoms with Crippen LogP contribution < -0.4 is 5.73 Å². The van der Waals surface area contributed by atoms with Gasteiger partial charge < -0.3 is 5.73 Å². The van der Waals surface area contributed by atoms with Gasteiger partial charge in [0.15, 0.2) is 10.9 Å². The molecule has 0 aliphatic heterocycles. The van der Waals surface area contributed by atoms with Gasteiger partial charge in [0.1, 0.15) is 5.01 Å². The second-order valence-electron chi connectivity index (χ2n) is 7.28. The highest BCUT2D eigenvalue weighted by molar-refractivity contribution is 7.15. The van der Waals surface area contributed by atoms with Crippen LogP contribution in [-0.2, 0) is 6.42 Å². The molecule has 4 rings (SSSR count). The summed E-state index contributed by atoms with van der Waals surface area (Å²) in [4.78, 5) is 32.7. The van der Waals surface area contributed by atoms with Crippen molar-refractivity contribution in [1.82, 2.24) is 9.97 Å². The topological polar surface area (TPSA) is 85.9 Å². The molecule has 0 aliphatic carbocycles. The van der Waals surface area contributed by atoms with Crippen molar-refractivity contribution in [1.29, 1.82) is 0 Å². The third kappa shape index (κ3) is 9.65. The van der Waals surface area contributed by atoms with Crippen LogP contribution in [0, 0.1) is 27.7 Å². The van der Waals surface area contributed by atoms with Crippen LogP contribution >= 0.6 is 34.3 Å². The molecule has 8 heteroatoms. The second kappa shape index (κ2) is 13.0. The maximum Gasteiger partial charge on any atom is 0.252 e. The van der Waals surface area contributed by atoms with E-state index in [-0.39, 0.29) is 5.78 Å². The molecule has 0 saturated heterocycles. The van der Waals surface area contributed by atoms with E-state index in [1.54, 1.807) is 29.7 Å². The Morgan fingerprint density at radius 2 is 1.27 bits per heavy atom. The average molecular weight is 500 g/mol. The first-order chi connectivity index (χ1) is 15.6. The number of carbonyl (C=O) groups excluding carboxylic acids is 2. The van der Waals surface area contributed by atoms with Crippen LogP contribution in [0.2, 0.25) is 0 Å². The number of nitrogens with zero attached hydrogens (tertiary/aromatic N) is 2. The van der Waals surface area contributed by atoms with E-state index in [0.29, 0.717) is 17.1 Å². The molecular weight excluding hydrogens is 474 g/mol. The largest absolute Gasteiger partial charge is 0.375 e. The number of halogens is 1. The Morgan fingerprint density at radius 3 is 1.64 bits per heavy atom. The van der Waals surface area contributed by atoms with Gasteiger partial charge >= 0.3 is 0 Å². The van der Waals surface area contributed by atoms with E-state index in [2.05, 4.69) is 9.97 Å². The number of rotatable bonds is 4. The molecule has 0 saturated carbocycles. The van der Waals surface area contributed by atoms with Crippen LogP contribution in [0.4, 0.5) is 5.13 Å². The fourth-order valence-electron chi connectivity index (χ4n) is 2.52. The molecule has 0 spiro atoms. The highest BCUT2D eigenvalue weighted by atomic mass is 35.5. The summed E-state index contributed by atoms with van der Waals surface area (Å²) in [5.74, 6) is 0.134. The quantitative estimate of drug-likeness (QED) is 0.252. The lowest BCUT2D eigenvalue weighted by molar-refractivity contribution is 0.0992. The number of nitrogen functional groups attached to an aromatic ring is 1. The Kier molecular flexibility index (Phi) is 10.4. The Labute approximate surface area is 207 Å². The van der Waals surface area contributed by atoms with E-state index in [0.717, 1.165) is 25.9 Å². The standard InChI is InChI=1S/C13H13NOS.C8H7ClO.C4H6N2S/c1-9-3-5-11(6-4-9)12(15)7-13-14-8-10(2)16-13;1-6-2-4-7(5-3-6)8(9)10;1-3-2-6-4(5)7-3/h3-6,8H,7H2,1-2H3;2-5H,1H3;2H,1H3,(H2,5,6). The van der Waals surface area contributed by atoms with Crippen LogP contribution in [0.25, 0.3) is 0 Å². The molecular formula is C25H26ClN3O2S2. The number of carbonyl (C=O) groups is 2. The Hall–Kier alpha value is -2.87. The van der Waals surface area contributed by atoms with Crippen LogP contribution in [0.3, 0.4) is 0 Å². The zero-order chi connectivity index (χ0) is 24.4. The second-order valence-corrected chi connectivity index (χ2v) is 10.2. The number of nitrogens with two attached hydrogens (primary N) is 1. The fraction of sp³-hybridized carbons (Fsp3) is 0.200. The molecule has 2 aromatic heterocycles. The van der Waals surface area contributed by atoms with Crippen molar-refractivity contribution in [3.63, 3.8) is 0 Å². The van der Waals surface area contributed by atoms with Crippen molar-refractivity contribution in [2.24, 2.45) is 0 Å². The van der Waals surface area contributed by atoms with Crippen LogP contribution in [-0.4, -0.2) is 21.0 Å². The molecule has 0 atom stereocenters. The molecule has 0 radical (unpaired) electrons. The normalized spacial score (nSPS) is 9.85. The Balaban J connectivity index is 0.000000193. The molecule has 5 nitrogen and oxygen atoms in total. The number of hydrogen-bond donors (Lipinski definition) is 1. The van der Waals surface area contributed by atoms with Gasteiger partial charge in [-0.25, -0.2) is 9.97 Å². The summed E-state index contributed by atoms with van der Waals surface area (Å²) in [5, 5.41) is 1.14. The number of Topliss-reactive ketones (excluding diaryl/α,β-unsaturated/α-hetero) is 1. The van der Waals surface area contributed by atoms with Gasteiger partial charge in [0.2, 0.25) is 0 Å². The van der Waals surface area contributed by atoms with Crippen molar-refractivity contribution in [2.75, 3.05) is 5.73 Å². The van der Waals surface area contributed by atoms with Gasteiger partial charge in [-0.15, -0.1) is 22.7 Å². The molecule has 0 fully saturated rings. The summed E-state index contributed by atoms with van der Waals surface area (Å²) in [7, 11) is 0. The minimum Gasteiger partial charge on any atom is -0.375 e. The predicted octanol–water partition coefficient (Wildman–Crippen LogP) is 6.59. The summed E-state index contributed by atoms with van der Waals surface area (Å²) < 4.78 is 0. The van der Waals surface area contributed by atoms with Crippen LogP contribution in [0.1, 0.15) is 46.6 Å². The van der Waals surface area contributed by atoms with Crippen LogP contribution in [0.5, 0.6) is 0 Å². The first-order valence-electron chi connectivity index (χ1n) is 10.1. The smallest absolute Gasteiger partial charge is 0.252 e. The lowest BCUT2D eigenvalue weighted by Gasteiger charge is -1.99. The first-order valence-corrected chi connectivity index (χ1v) is 12.1. The van der Waals surface area contributed by atoms with E-state index in [4.69, 9.17) is 17.3 Å². The third-order valence-corrected chi connectivity index (χ3v) is 6.15. The van der Waals surface area contributed by atoms with Gasteiger partial charge in [0.05, 0.1) is 6.42 Å². The molecule has 2 N–H and O–H groups in total. The van der Waals surface area contributed by atoms with Crippen LogP contribution in [0.15, 0.2) is 60.9 Å². The molecule has 4 aromatic rings. The number of ketones is 1. The maximum absolute atomic E-state index is 11.9. The third-order valence-electron chi connectivity index (χ3n) is 4.27. The summed E-state index contributed by atoms with van der Waals surface area (Å²) in [6.07, 6.45) is 3.98. The highest BCUT2D eigenvalue weighted by Crippen LogP contribution is 2.14. The van der Waals surface area contributed by atoms with Crippen molar-refractivity contribution < 1.29 is 9.59 Å². The lowest BCUT2D eigenvalue weighted by atomic mass is 10.1. The minimum absolute atomic E-state index is 0.134. The summed E-state index contributed by atoms with van der Waals surface area (Å²) >= 11 is 8.31. The fourth-order valence-corrected chi connectivity index (χ4v) is 3.97. The van der Waals surface area contributed by atoms with E-state index < -0.39 is 5.24 Å². The van der Waals surface area contributed by atoms with Crippen molar-refractivity contribution >= 4 is 50.4 Å². The summed E-state index contributed by atoms with van der Waals surface area (Å²) in [6, 6.07) is 14.8. The molecule has 2 aromatic carbocycles. The summed E-state index contributed by atoms with van der Waals surface area (Å²) in [6.45, 7) is 7.95. The number of aromatic nitrogens is 2. The summed E-state index contributed by atoms with van der Waals surface area (Å²) in [5.41, 5.74) is 8.89. The van der Waals surface area contributed by atoms with Gasteiger partial charge in [-0.05, 0) is 51.4 Å². The predicted molar refractivity (Wildman–Crippen MR) is 139 cm³/mol. The Bertz CT molecular complexity index is 1170. The number of hydrogen-bond acceptors (Lipinski definition) is 7. The molecule has 172 valence electrons. The molecule has 0 amide bonds. The molecule has 0 aliphatic rings. The van der Waals surface area contributed by atoms with Crippen molar-refractivity contribution in [3.05, 3.63) is 97.9 Å². The monoisotopic (exact) mass is 499 g/mol. The highest BCUT2D eigenvalue weighted by Gasteiger charge is 2.09. The first kappa shape index (κ1) is 26.4. The van der Waals surface area contributed by atoms with E-state index >= 15 is 0 Å². The van der Waals surface area contributed by atoms with Gasteiger partial charge in [0, 0.05) is 33.3 Å². The average Bonchev–Trinajstić information content (AvgIpc) is 3.36. The molecule has 33 heavy (non-hydrogen) atoms. The number of anilines is 1. The minimum atomic E-state index is -0.403.